The number of alkyl halides is 3. The first-order valence-electron chi connectivity index (χ1n) is 9.99. The first kappa shape index (κ1) is 22.0. The lowest BCUT2D eigenvalue weighted by atomic mass is 9.95. The van der Waals surface area contributed by atoms with Crippen molar-refractivity contribution in [1.82, 2.24) is 14.5 Å². The molecular formula is C19H27F3N4O2S. The van der Waals surface area contributed by atoms with Crippen molar-refractivity contribution in [2.75, 3.05) is 13.1 Å². The van der Waals surface area contributed by atoms with Crippen molar-refractivity contribution < 1.29 is 13.2 Å². The molecular weight excluding hydrogens is 405 g/mol. The van der Waals surface area contributed by atoms with Gasteiger partial charge in [0.1, 0.15) is 4.83 Å². The Morgan fingerprint density at radius 2 is 1.90 bits per heavy atom. The van der Waals surface area contributed by atoms with E-state index >= 15 is 0 Å². The summed E-state index contributed by atoms with van der Waals surface area (Å²) in [6.07, 6.45) is -1.22. The summed E-state index contributed by atoms with van der Waals surface area (Å²) in [5, 5.41) is 3.52. The SMILES string of the molecule is Cc1c(CNCCN)sc2c1c(=O)n(C1CCCCC1)c(=O)n2CCC(F)(F)F. The number of hydrogen-bond donors (Lipinski definition) is 2. The Hall–Kier alpha value is -1.65. The fourth-order valence-corrected chi connectivity index (χ4v) is 5.26. The van der Waals surface area contributed by atoms with Gasteiger partial charge in [-0.05, 0) is 25.3 Å². The zero-order chi connectivity index (χ0) is 21.2. The minimum absolute atomic E-state index is 0.247. The molecule has 2 aromatic rings. The molecule has 2 heterocycles. The Labute approximate surface area is 170 Å². The number of thiophene rings is 1. The number of halogens is 3. The van der Waals surface area contributed by atoms with E-state index in [1.807, 2.05) is 0 Å². The van der Waals surface area contributed by atoms with Gasteiger partial charge in [0.05, 0.1) is 11.8 Å². The van der Waals surface area contributed by atoms with Gasteiger partial charge in [0.25, 0.3) is 5.56 Å². The molecule has 0 spiro atoms. The third kappa shape index (κ3) is 4.75. The monoisotopic (exact) mass is 432 g/mol. The lowest BCUT2D eigenvalue weighted by Crippen LogP contribution is -2.43. The van der Waals surface area contributed by atoms with Gasteiger partial charge in [-0.2, -0.15) is 13.2 Å². The number of aryl methyl sites for hydroxylation is 2. The fourth-order valence-electron chi connectivity index (χ4n) is 3.98. The summed E-state index contributed by atoms with van der Waals surface area (Å²) in [6, 6.07) is -0.247. The lowest BCUT2D eigenvalue weighted by Gasteiger charge is -2.24. The van der Waals surface area contributed by atoms with Gasteiger partial charge >= 0.3 is 11.9 Å². The number of fused-ring (bicyclic) bond motifs is 1. The number of rotatable bonds is 7. The smallest absolute Gasteiger partial charge is 0.329 e. The zero-order valence-electron chi connectivity index (χ0n) is 16.5. The highest BCUT2D eigenvalue weighted by Gasteiger charge is 2.30. The molecule has 1 aliphatic carbocycles. The third-order valence-corrected chi connectivity index (χ3v) is 6.82. The quantitative estimate of drug-likeness (QED) is 0.659. The van der Waals surface area contributed by atoms with Gasteiger partial charge in [-0.25, -0.2) is 4.79 Å². The molecule has 10 heteroatoms. The maximum atomic E-state index is 13.3. The molecule has 3 N–H and O–H groups in total. The van der Waals surface area contributed by atoms with Crippen LogP contribution in [0.25, 0.3) is 10.2 Å². The molecule has 6 nitrogen and oxygen atoms in total. The Morgan fingerprint density at radius 1 is 1.21 bits per heavy atom. The highest BCUT2D eigenvalue weighted by molar-refractivity contribution is 7.18. The number of aromatic nitrogens is 2. The molecule has 29 heavy (non-hydrogen) atoms. The summed E-state index contributed by atoms with van der Waals surface area (Å²) in [5.41, 5.74) is 5.22. The van der Waals surface area contributed by atoms with Crippen molar-refractivity contribution in [1.29, 1.82) is 0 Å². The van der Waals surface area contributed by atoms with Crippen LogP contribution < -0.4 is 22.3 Å². The largest absolute Gasteiger partial charge is 0.390 e. The van der Waals surface area contributed by atoms with Crippen LogP contribution in [0, 0.1) is 6.92 Å². The molecule has 0 aromatic carbocycles. The Balaban J connectivity index is 2.16. The van der Waals surface area contributed by atoms with E-state index in [1.165, 1.54) is 15.9 Å². The van der Waals surface area contributed by atoms with E-state index in [2.05, 4.69) is 5.32 Å². The first-order chi connectivity index (χ1) is 13.7. The second kappa shape index (κ2) is 9.01. The van der Waals surface area contributed by atoms with Crippen LogP contribution in [0.1, 0.15) is 55.0 Å². The maximum absolute atomic E-state index is 13.3. The van der Waals surface area contributed by atoms with Crippen LogP contribution in [0.3, 0.4) is 0 Å². The topological polar surface area (TPSA) is 82.1 Å². The van der Waals surface area contributed by atoms with E-state index in [4.69, 9.17) is 5.73 Å². The highest BCUT2D eigenvalue weighted by Crippen LogP contribution is 2.31. The second-order valence-corrected chi connectivity index (χ2v) is 8.65. The van der Waals surface area contributed by atoms with Crippen molar-refractivity contribution in [3.05, 3.63) is 31.3 Å². The van der Waals surface area contributed by atoms with E-state index in [9.17, 15) is 22.8 Å². The summed E-state index contributed by atoms with van der Waals surface area (Å²) in [7, 11) is 0. The summed E-state index contributed by atoms with van der Waals surface area (Å²) in [5.74, 6) is 0. The van der Waals surface area contributed by atoms with Crippen LogP contribution in [0.2, 0.25) is 0 Å². The van der Waals surface area contributed by atoms with Crippen molar-refractivity contribution in [3.8, 4) is 0 Å². The maximum Gasteiger partial charge on any atom is 0.390 e. The van der Waals surface area contributed by atoms with E-state index in [-0.39, 0.29) is 11.6 Å². The summed E-state index contributed by atoms with van der Waals surface area (Å²) in [4.78, 5) is 27.6. The van der Waals surface area contributed by atoms with E-state index in [0.29, 0.717) is 42.7 Å². The van der Waals surface area contributed by atoms with Gasteiger partial charge in [0, 0.05) is 37.1 Å². The van der Waals surface area contributed by atoms with Crippen LogP contribution >= 0.6 is 11.3 Å². The van der Waals surface area contributed by atoms with Crippen LogP contribution in [-0.4, -0.2) is 28.4 Å². The highest BCUT2D eigenvalue weighted by atomic mass is 32.1. The summed E-state index contributed by atoms with van der Waals surface area (Å²) >= 11 is 1.21. The molecule has 0 atom stereocenters. The molecule has 1 fully saturated rings. The zero-order valence-corrected chi connectivity index (χ0v) is 17.3. The fraction of sp³-hybridized carbons (Fsp3) is 0.684. The average molecular weight is 433 g/mol. The molecule has 0 aliphatic heterocycles. The lowest BCUT2D eigenvalue weighted by molar-refractivity contribution is -0.136. The van der Waals surface area contributed by atoms with Gasteiger partial charge in [-0.3, -0.25) is 13.9 Å². The number of hydrogen-bond acceptors (Lipinski definition) is 5. The summed E-state index contributed by atoms with van der Waals surface area (Å²) in [6.45, 7) is 2.80. The minimum atomic E-state index is -4.38. The van der Waals surface area contributed by atoms with Crippen molar-refractivity contribution >= 4 is 21.6 Å². The normalized spacial score (nSPS) is 16.0. The predicted molar refractivity (Wildman–Crippen MR) is 109 cm³/mol. The molecule has 162 valence electrons. The molecule has 0 bridgehead atoms. The van der Waals surface area contributed by atoms with E-state index in [0.717, 1.165) is 34.3 Å². The molecule has 0 amide bonds. The molecule has 0 radical (unpaired) electrons. The van der Waals surface area contributed by atoms with E-state index in [1.54, 1.807) is 6.92 Å². The van der Waals surface area contributed by atoms with Gasteiger partial charge < -0.3 is 11.1 Å². The Bertz CT molecular complexity index is 971. The van der Waals surface area contributed by atoms with Crippen LogP contribution in [0.4, 0.5) is 13.2 Å². The predicted octanol–water partition coefficient (Wildman–Crippen LogP) is 3.04. The van der Waals surface area contributed by atoms with Crippen molar-refractivity contribution in [3.63, 3.8) is 0 Å². The average Bonchev–Trinajstić information content (AvgIpc) is 2.98. The van der Waals surface area contributed by atoms with Crippen LogP contribution in [0.15, 0.2) is 9.59 Å². The Morgan fingerprint density at radius 3 is 2.52 bits per heavy atom. The van der Waals surface area contributed by atoms with Crippen molar-refractivity contribution in [2.24, 2.45) is 5.73 Å². The summed E-state index contributed by atoms with van der Waals surface area (Å²) < 4.78 is 41.1. The standard InChI is InChI=1S/C19H27F3N4O2S/c1-12-14(11-24-9-8-23)29-17-15(12)16(27)26(13-5-3-2-4-6-13)18(28)25(17)10-7-19(20,21)22/h13,24H,2-11,23H2,1H3. The Kier molecular flexibility index (Phi) is 6.85. The molecule has 3 rings (SSSR count). The number of nitrogens with one attached hydrogen (secondary N) is 1. The van der Waals surface area contributed by atoms with Crippen LogP contribution in [-0.2, 0) is 13.1 Å². The van der Waals surface area contributed by atoms with Gasteiger partial charge in [-0.15, -0.1) is 11.3 Å². The van der Waals surface area contributed by atoms with Gasteiger partial charge in [0.2, 0.25) is 0 Å². The molecule has 0 unspecified atom stereocenters. The van der Waals surface area contributed by atoms with Gasteiger partial charge in [-0.1, -0.05) is 19.3 Å². The van der Waals surface area contributed by atoms with Gasteiger partial charge in [0.15, 0.2) is 0 Å². The molecule has 0 saturated heterocycles. The van der Waals surface area contributed by atoms with E-state index < -0.39 is 24.8 Å². The first-order valence-corrected chi connectivity index (χ1v) is 10.8. The van der Waals surface area contributed by atoms with Crippen molar-refractivity contribution in [2.45, 2.75) is 70.8 Å². The molecule has 2 aromatic heterocycles. The number of nitrogens with zero attached hydrogens (tertiary/aromatic N) is 2. The molecule has 1 saturated carbocycles. The number of nitrogens with two attached hydrogens (primary N) is 1. The van der Waals surface area contributed by atoms with Crippen LogP contribution in [0.5, 0.6) is 0 Å². The third-order valence-electron chi connectivity index (χ3n) is 5.51. The second-order valence-electron chi connectivity index (χ2n) is 7.56. The molecule has 1 aliphatic rings. The minimum Gasteiger partial charge on any atom is -0.329 e.